The summed E-state index contributed by atoms with van der Waals surface area (Å²) in [5, 5.41) is 9.84. The summed E-state index contributed by atoms with van der Waals surface area (Å²) in [7, 11) is 0. The summed E-state index contributed by atoms with van der Waals surface area (Å²) in [6.45, 7) is 5.18. The number of nitriles is 1. The lowest BCUT2D eigenvalue weighted by Gasteiger charge is -2.34. The molecule has 0 bridgehead atoms. The molecule has 0 atom stereocenters. The second-order valence-corrected chi connectivity index (χ2v) is 11.3. The molecule has 0 spiro atoms. The number of carbonyl (C=O) groups excluding carboxylic acids is 1. The predicted molar refractivity (Wildman–Crippen MR) is 158 cm³/mol. The molecule has 0 amide bonds. The number of rotatable bonds is 17. The molecule has 5 heteroatoms. The van der Waals surface area contributed by atoms with Gasteiger partial charge in [0.1, 0.15) is 11.5 Å². The number of benzene rings is 1. The van der Waals surface area contributed by atoms with Gasteiger partial charge in [-0.2, -0.15) is 5.26 Å². The van der Waals surface area contributed by atoms with E-state index in [0.29, 0.717) is 5.75 Å². The summed E-state index contributed by atoms with van der Waals surface area (Å²) in [5.41, 5.74) is 1.56. The van der Waals surface area contributed by atoms with Gasteiger partial charge in [0, 0.05) is 5.56 Å². The van der Waals surface area contributed by atoms with Gasteiger partial charge in [0.2, 0.25) is 0 Å². The van der Waals surface area contributed by atoms with Crippen LogP contribution in [0.2, 0.25) is 0 Å². The van der Waals surface area contributed by atoms with Crippen LogP contribution in [0.5, 0.6) is 11.5 Å². The van der Waals surface area contributed by atoms with E-state index in [1.54, 1.807) is 6.20 Å². The maximum absolute atomic E-state index is 12.8. The van der Waals surface area contributed by atoms with E-state index in [9.17, 15) is 10.1 Å². The normalized spacial score (nSPS) is 18.8. The molecule has 2 aromatic rings. The first-order chi connectivity index (χ1) is 19.1. The van der Waals surface area contributed by atoms with Gasteiger partial charge in [-0.1, -0.05) is 78.1 Å². The molecule has 0 saturated heterocycles. The maximum Gasteiger partial charge on any atom is 0.314 e. The van der Waals surface area contributed by atoms with Crippen molar-refractivity contribution in [3.8, 4) is 28.8 Å². The SMILES string of the molecule is CCCCCCCCOc1ccc(-c2ccc(OC(=O)C3CCC(C#N)(CCCCCCC)CC3)cc2)nc1. The molecule has 5 nitrogen and oxygen atoms in total. The summed E-state index contributed by atoms with van der Waals surface area (Å²) >= 11 is 0. The molecule has 0 radical (unpaired) electrons. The molecule has 0 unspecified atom stereocenters. The van der Waals surface area contributed by atoms with Crippen molar-refractivity contribution in [1.82, 2.24) is 4.98 Å². The topological polar surface area (TPSA) is 72.2 Å². The number of carbonyl (C=O) groups is 1. The van der Waals surface area contributed by atoms with Crippen molar-refractivity contribution < 1.29 is 14.3 Å². The van der Waals surface area contributed by atoms with E-state index >= 15 is 0 Å². The Kier molecular flexibility index (Phi) is 13.3. The highest BCUT2D eigenvalue weighted by atomic mass is 16.5. The highest BCUT2D eigenvalue weighted by Crippen LogP contribution is 2.43. The number of hydrogen-bond acceptors (Lipinski definition) is 5. The van der Waals surface area contributed by atoms with Gasteiger partial charge in [0.25, 0.3) is 0 Å². The molecule has 212 valence electrons. The Bertz CT molecular complexity index is 1000. The Hall–Kier alpha value is -2.87. The summed E-state index contributed by atoms with van der Waals surface area (Å²) in [6, 6.07) is 14.0. The van der Waals surface area contributed by atoms with Crippen LogP contribution < -0.4 is 9.47 Å². The average molecular weight is 533 g/mol. The molecule has 0 aliphatic heterocycles. The highest BCUT2D eigenvalue weighted by Gasteiger charge is 2.37. The Morgan fingerprint density at radius 1 is 0.872 bits per heavy atom. The van der Waals surface area contributed by atoms with E-state index in [-0.39, 0.29) is 17.3 Å². The molecular weight excluding hydrogens is 484 g/mol. The lowest BCUT2D eigenvalue weighted by atomic mass is 9.69. The van der Waals surface area contributed by atoms with Crippen LogP contribution in [-0.2, 0) is 4.79 Å². The quantitative estimate of drug-likeness (QED) is 0.115. The van der Waals surface area contributed by atoms with Crippen molar-refractivity contribution in [3.05, 3.63) is 42.6 Å². The Morgan fingerprint density at radius 3 is 2.10 bits per heavy atom. The van der Waals surface area contributed by atoms with Crippen molar-refractivity contribution in [2.45, 2.75) is 117 Å². The molecule has 1 aromatic heterocycles. The number of nitrogens with zero attached hydrogens (tertiary/aromatic N) is 2. The zero-order valence-corrected chi connectivity index (χ0v) is 24.3. The van der Waals surface area contributed by atoms with Gasteiger partial charge in [0.05, 0.1) is 35.9 Å². The number of pyridine rings is 1. The third kappa shape index (κ3) is 10.3. The molecule has 39 heavy (non-hydrogen) atoms. The van der Waals surface area contributed by atoms with Crippen molar-refractivity contribution >= 4 is 5.97 Å². The predicted octanol–water partition coefficient (Wildman–Crippen LogP) is 9.45. The van der Waals surface area contributed by atoms with Crippen LogP contribution in [-0.4, -0.2) is 17.6 Å². The van der Waals surface area contributed by atoms with Gasteiger partial charge in [-0.25, -0.2) is 0 Å². The van der Waals surface area contributed by atoms with Crippen LogP contribution in [0.15, 0.2) is 42.6 Å². The zero-order valence-electron chi connectivity index (χ0n) is 24.3. The van der Waals surface area contributed by atoms with Crippen LogP contribution >= 0.6 is 0 Å². The average Bonchev–Trinajstić information content (AvgIpc) is 2.97. The van der Waals surface area contributed by atoms with Gasteiger partial charge in [-0.3, -0.25) is 9.78 Å². The number of unbranched alkanes of at least 4 members (excludes halogenated alkanes) is 9. The van der Waals surface area contributed by atoms with Crippen LogP contribution in [0, 0.1) is 22.7 Å². The van der Waals surface area contributed by atoms with E-state index < -0.39 is 0 Å². The first-order valence-corrected chi connectivity index (χ1v) is 15.4. The number of esters is 1. The maximum atomic E-state index is 12.8. The van der Waals surface area contributed by atoms with Crippen molar-refractivity contribution in [2.75, 3.05) is 6.61 Å². The fraction of sp³-hybridized carbons (Fsp3) is 0.618. The van der Waals surface area contributed by atoms with E-state index in [2.05, 4.69) is 24.9 Å². The Labute approximate surface area is 236 Å². The van der Waals surface area contributed by atoms with Crippen LogP contribution in [0.3, 0.4) is 0 Å². The minimum absolute atomic E-state index is 0.128. The van der Waals surface area contributed by atoms with Gasteiger partial charge >= 0.3 is 5.97 Å². The molecule has 1 fully saturated rings. The second-order valence-electron chi connectivity index (χ2n) is 11.3. The van der Waals surface area contributed by atoms with Crippen molar-refractivity contribution in [3.63, 3.8) is 0 Å². The van der Waals surface area contributed by atoms with Gasteiger partial charge in [-0.05, 0) is 74.9 Å². The standard InChI is InChI=1S/C34H48N2O3/c1-3-5-7-9-11-13-25-38-31-18-19-32(36-26-31)28-14-16-30(17-15-28)39-33(37)29-20-23-34(27-35,24-21-29)22-12-10-8-6-4-2/h14-19,26,29H,3-13,20-25H2,1-2H3. The third-order valence-electron chi connectivity index (χ3n) is 8.14. The lowest BCUT2D eigenvalue weighted by Crippen LogP contribution is -2.31. The Morgan fingerprint density at radius 2 is 1.49 bits per heavy atom. The van der Waals surface area contributed by atoms with Gasteiger partial charge in [-0.15, -0.1) is 0 Å². The smallest absolute Gasteiger partial charge is 0.314 e. The summed E-state index contributed by atoms with van der Waals surface area (Å²) in [6.07, 6.45) is 19.3. The van der Waals surface area contributed by atoms with Crippen LogP contribution in [0.25, 0.3) is 11.3 Å². The van der Waals surface area contributed by atoms with E-state index in [1.807, 2.05) is 36.4 Å². The largest absolute Gasteiger partial charge is 0.492 e. The Balaban J connectivity index is 1.41. The monoisotopic (exact) mass is 532 g/mol. The van der Waals surface area contributed by atoms with Crippen LogP contribution in [0.1, 0.15) is 117 Å². The van der Waals surface area contributed by atoms with E-state index in [0.717, 1.165) is 68.6 Å². The molecule has 1 heterocycles. The molecule has 1 saturated carbocycles. The second kappa shape index (κ2) is 17.0. The van der Waals surface area contributed by atoms with Crippen LogP contribution in [0.4, 0.5) is 0 Å². The van der Waals surface area contributed by atoms with Crippen molar-refractivity contribution in [1.29, 1.82) is 5.26 Å². The van der Waals surface area contributed by atoms with Gasteiger partial charge in [0.15, 0.2) is 0 Å². The lowest BCUT2D eigenvalue weighted by molar-refractivity contribution is -0.140. The first kappa shape index (κ1) is 30.7. The molecule has 3 rings (SSSR count). The van der Waals surface area contributed by atoms with Gasteiger partial charge < -0.3 is 9.47 Å². The third-order valence-corrected chi connectivity index (χ3v) is 8.14. The van der Waals surface area contributed by atoms with E-state index in [1.165, 1.54) is 57.8 Å². The highest BCUT2D eigenvalue weighted by molar-refractivity contribution is 5.75. The fourth-order valence-corrected chi connectivity index (χ4v) is 5.49. The molecule has 1 aromatic carbocycles. The summed E-state index contributed by atoms with van der Waals surface area (Å²) < 4.78 is 11.6. The fourth-order valence-electron chi connectivity index (χ4n) is 5.49. The summed E-state index contributed by atoms with van der Waals surface area (Å²) in [4.78, 5) is 17.4. The molecule has 1 aliphatic rings. The minimum Gasteiger partial charge on any atom is -0.492 e. The molecular formula is C34H48N2O3. The summed E-state index contributed by atoms with van der Waals surface area (Å²) in [5.74, 6) is 1.04. The minimum atomic E-state index is -0.257. The number of ether oxygens (including phenoxy) is 2. The zero-order chi connectivity index (χ0) is 27.8. The van der Waals surface area contributed by atoms with E-state index in [4.69, 9.17) is 9.47 Å². The van der Waals surface area contributed by atoms with Crippen molar-refractivity contribution in [2.24, 2.45) is 11.3 Å². The molecule has 1 aliphatic carbocycles. The first-order valence-electron chi connectivity index (χ1n) is 15.4. The number of aromatic nitrogens is 1. The molecule has 0 N–H and O–H groups in total. The number of hydrogen-bond donors (Lipinski definition) is 0.